The van der Waals surface area contributed by atoms with Crippen molar-refractivity contribution >= 4 is 5.97 Å². The molecule has 0 aliphatic heterocycles. The lowest BCUT2D eigenvalue weighted by Gasteiger charge is -2.04. The van der Waals surface area contributed by atoms with E-state index in [-0.39, 0.29) is 5.69 Å². The van der Waals surface area contributed by atoms with E-state index < -0.39 is 5.97 Å². The monoisotopic (exact) mass is 264 g/mol. The summed E-state index contributed by atoms with van der Waals surface area (Å²) in [7, 11) is 3.15. The molecular formula is C11H16N6O2. The third-order valence-electron chi connectivity index (χ3n) is 2.68. The van der Waals surface area contributed by atoms with E-state index in [1.165, 1.54) is 7.11 Å². The zero-order valence-electron chi connectivity index (χ0n) is 10.9. The minimum atomic E-state index is -0.504. The molecule has 2 heterocycles. The maximum absolute atomic E-state index is 11.6. The Balaban J connectivity index is 2.29. The summed E-state index contributed by atoms with van der Waals surface area (Å²) in [5.74, 6) is -0.504. The maximum Gasteiger partial charge on any atom is 0.360 e. The number of hydrogen-bond acceptors (Lipinski definition) is 6. The summed E-state index contributed by atoms with van der Waals surface area (Å²) in [5.41, 5.74) is 7.27. The number of methoxy groups -OCH3 is 1. The predicted molar refractivity (Wildman–Crippen MR) is 66.4 cm³/mol. The summed E-state index contributed by atoms with van der Waals surface area (Å²) in [6.07, 6.45) is 2.35. The van der Waals surface area contributed by atoms with Gasteiger partial charge in [0.2, 0.25) is 0 Å². The van der Waals surface area contributed by atoms with Crippen molar-refractivity contribution < 1.29 is 9.53 Å². The van der Waals surface area contributed by atoms with Crippen molar-refractivity contribution in [3.8, 4) is 0 Å². The van der Waals surface area contributed by atoms with Crippen LogP contribution in [0.1, 0.15) is 21.9 Å². The number of carbonyl (C=O) groups excluding carboxylic acids is 1. The zero-order chi connectivity index (χ0) is 13.8. The standard InChI is InChI=1S/C11H16N6O2/c1-16-6-4-8(14-16)7-17-9(3-5-12)10(13-15-17)11(18)19-2/h4,6H,3,5,7,12H2,1-2H3. The average Bonchev–Trinajstić information content (AvgIpc) is 2.97. The van der Waals surface area contributed by atoms with E-state index >= 15 is 0 Å². The Labute approximate surface area is 110 Å². The third-order valence-corrected chi connectivity index (χ3v) is 2.68. The molecule has 0 radical (unpaired) electrons. The number of carbonyl (C=O) groups is 1. The van der Waals surface area contributed by atoms with Gasteiger partial charge in [-0.25, -0.2) is 9.48 Å². The second-order valence-electron chi connectivity index (χ2n) is 4.05. The molecule has 8 nitrogen and oxygen atoms in total. The van der Waals surface area contributed by atoms with Crippen LogP contribution in [0.4, 0.5) is 0 Å². The van der Waals surface area contributed by atoms with Crippen molar-refractivity contribution in [2.45, 2.75) is 13.0 Å². The quantitative estimate of drug-likeness (QED) is 0.720. The lowest BCUT2D eigenvalue weighted by molar-refractivity contribution is 0.0592. The molecule has 0 unspecified atom stereocenters. The molecule has 0 aliphatic carbocycles. The number of rotatable bonds is 5. The summed E-state index contributed by atoms with van der Waals surface area (Å²) in [6, 6.07) is 1.88. The molecule has 0 spiro atoms. The van der Waals surface area contributed by atoms with Gasteiger partial charge in [-0.15, -0.1) is 5.10 Å². The van der Waals surface area contributed by atoms with Crippen molar-refractivity contribution in [3.05, 3.63) is 29.3 Å². The van der Waals surface area contributed by atoms with Gasteiger partial charge in [0.05, 0.1) is 25.0 Å². The van der Waals surface area contributed by atoms with Crippen LogP contribution in [0.25, 0.3) is 0 Å². The van der Waals surface area contributed by atoms with Crippen molar-refractivity contribution in [1.82, 2.24) is 24.8 Å². The molecule has 0 bridgehead atoms. The Morgan fingerprint density at radius 2 is 2.32 bits per heavy atom. The van der Waals surface area contributed by atoms with Gasteiger partial charge in [0, 0.05) is 19.7 Å². The SMILES string of the molecule is COC(=O)c1nnn(Cc2ccn(C)n2)c1CCN. The third kappa shape index (κ3) is 2.79. The fraction of sp³-hybridized carbons (Fsp3) is 0.455. The van der Waals surface area contributed by atoms with Gasteiger partial charge >= 0.3 is 5.97 Å². The number of nitrogens with zero attached hydrogens (tertiary/aromatic N) is 5. The molecular weight excluding hydrogens is 248 g/mol. The van der Waals surface area contributed by atoms with E-state index in [1.807, 2.05) is 19.3 Å². The fourth-order valence-electron chi connectivity index (χ4n) is 1.80. The van der Waals surface area contributed by atoms with E-state index in [2.05, 4.69) is 20.1 Å². The molecule has 19 heavy (non-hydrogen) atoms. The number of hydrogen-bond donors (Lipinski definition) is 1. The van der Waals surface area contributed by atoms with E-state index in [1.54, 1.807) is 9.36 Å². The molecule has 0 aliphatic rings. The largest absolute Gasteiger partial charge is 0.464 e. The lowest BCUT2D eigenvalue weighted by atomic mass is 10.2. The molecule has 0 saturated carbocycles. The Hall–Kier alpha value is -2.22. The number of esters is 1. The molecule has 2 rings (SSSR count). The lowest BCUT2D eigenvalue weighted by Crippen LogP contribution is -2.15. The van der Waals surface area contributed by atoms with Crippen LogP contribution in [0.2, 0.25) is 0 Å². The van der Waals surface area contributed by atoms with Gasteiger partial charge in [0.25, 0.3) is 0 Å². The zero-order valence-corrected chi connectivity index (χ0v) is 10.9. The van der Waals surface area contributed by atoms with Crippen LogP contribution in [0, 0.1) is 0 Å². The Bertz CT molecular complexity index is 574. The van der Waals surface area contributed by atoms with Crippen LogP contribution in [0.15, 0.2) is 12.3 Å². The average molecular weight is 264 g/mol. The van der Waals surface area contributed by atoms with Gasteiger partial charge in [-0.3, -0.25) is 4.68 Å². The molecule has 0 aromatic carbocycles. The number of aryl methyl sites for hydroxylation is 1. The highest BCUT2D eigenvalue weighted by Gasteiger charge is 2.20. The summed E-state index contributed by atoms with van der Waals surface area (Å²) < 4.78 is 8.01. The summed E-state index contributed by atoms with van der Waals surface area (Å²) in [5, 5.41) is 12.1. The topological polar surface area (TPSA) is 101 Å². The van der Waals surface area contributed by atoms with Crippen LogP contribution < -0.4 is 5.73 Å². The molecule has 102 valence electrons. The van der Waals surface area contributed by atoms with Crippen molar-refractivity contribution in [2.24, 2.45) is 12.8 Å². The first-order valence-corrected chi connectivity index (χ1v) is 5.85. The summed E-state index contributed by atoms with van der Waals surface area (Å²) >= 11 is 0. The summed E-state index contributed by atoms with van der Waals surface area (Å²) in [4.78, 5) is 11.6. The van der Waals surface area contributed by atoms with Gasteiger partial charge in [-0.1, -0.05) is 5.21 Å². The van der Waals surface area contributed by atoms with Gasteiger partial charge in [-0.05, 0) is 12.6 Å². The summed E-state index contributed by atoms with van der Waals surface area (Å²) in [6.45, 7) is 0.847. The van der Waals surface area contributed by atoms with Crippen molar-refractivity contribution in [3.63, 3.8) is 0 Å². The first kappa shape index (κ1) is 13.2. The molecule has 2 aromatic rings. The second kappa shape index (κ2) is 5.61. The molecule has 2 aromatic heterocycles. The molecule has 0 saturated heterocycles. The maximum atomic E-state index is 11.6. The van der Waals surface area contributed by atoms with Crippen LogP contribution >= 0.6 is 0 Å². The fourth-order valence-corrected chi connectivity index (χ4v) is 1.80. The van der Waals surface area contributed by atoms with E-state index in [4.69, 9.17) is 5.73 Å². The first-order chi connectivity index (χ1) is 9.15. The first-order valence-electron chi connectivity index (χ1n) is 5.85. The minimum absolute atomic E-state index is 0.212. The van der Waals surface area contributed by atoms with Crippen molar-refractivity contribution in [2.75, 3.05) is 13.7 Å². The molecule has 0 amide bonds. The minimum Gasteiger partial charge on any atom is -0.464 e. The van der Waals surface area contributed by atoms with E-state index in [0.717, 1.165) is 5.69 Å². The van der Waals surface area contributed by atoms with E-state index in [9.17, 15) is 4.79 Å². The Kier molecular flexibility index (Phi) is 3.91. The second-order valence-corrected chi connectivity index (χ2v) is 4.05. The number of nitrogens with two attached hydrogens (primary N) is 1. The van der Waals surface area contributed by atoms with Crippen LogP contribution in [-0.2, 0) is 24.8 Å². The normalized spacial score (nSPS) is 10.7. The number of ether oxygens (including phenoxy) is 1. The van der Waals surface area contributed by atoms with Gasteiger partial charge < -0.3 is 10.5 Å². The highest BCUT2D eigenvalue weighted by molar-refractivity contribution is 5.88. The highest BCUT2D eigenvalue weighted by Crippen LogP contribution is 2.09. The highest BCUT2D eigenvalue weighted by atomic mass is 16.5. The molecule has 8 heteroatoms. The Morgan fingerprint density at radius 1 is 1.53 bits per heavy atom. The van der Waals surface area contributed by atoms with Gasteiger partial charge in [0.15, 0.2) is 5.69 Å². The predicted octanol–water partition coefficient (Wildman–Crippen LogP) is -0.652. The molecule has 2 N–H and O–H groups in total. The van der Waals surface area contributed by atoms with Crippen LogP contribution in [0.3, 0.4) is 0 Å². The Morgan fingerprint density at radius 3 is 2.89 bits per heavy atom. The molecule has 0 atom stereocenters. The number of aromatic nitrogens is 5. The van der Waals surface area contributed by atoms with Gasteiger partial charge in [-0.2, -0.15) is 5.10 Å². The van der Waals surface area contributed by atoms with Crippen LogP contribution in [-0.4, -0.2) is 44.4 Å². The van der Waals surface area contributed by atoms with Gasteiger partial charge in [0.1, 0.15) is 0 Å². The molecule has 0 fully saturated rings. The van der Waals surface area contributed by atoms with Crippen molar-refractivity contribution in [1.29, 1.82) is 0 Å². The van der Waals surface area contributed by atoms with Crippen LogP contribution in [0.5, 0.6) is 0 Å². The van der Waals surface area contributed by atoms with E-state index in [0.29, 0.717) is 25.2 Å². The smallest absolute Gasteiger partial charge is 0.360 e.